The van der Waals surface area contributed by atoms with Crippen molar-refractivity contribution in [3.05, 3.63) is 63.7 Å². The first-order valence-corrected chi connectivity index (χ1v) is 15.2. The highest BCUT2D eigenvalue weighted by Crippen LogP contribution is 2.31. The molecule has 0 saturated carbocycles. The molecule has 2 atom stereocenters. The average Bonchev–Trinajstić information content (AvgIpc) is 2.98. The lowest BCUT2D eigenvalue weighted by Gasteiger charge is -2.26. The fourth-order valence-electron chi connectivity index (χ4n) is 5.90. The van der Waals surface area contributed by atoms with Crippen molar-refractivity contribution in [3.8, 4) is 5.75 Å². The van der Waals surface area contributed by atoms with Crippen molar-refractivity contribution < 1.29 is 28.7 Å². The van der Waals surface area contributed by atoms with Crippen LogP contribution < -0.4 is 15.4 Å². The molecule has 3 aliphatic rings. The summed E-state index contributed by atoms with van der Waals surface area (Å²) in [5.74, 6) is -0.165. The number of benzene rings is 2. The van der Waals surface area contributed by atoms with Gasteiger partial charge in [0.1, 0.15) is 12.4 Å². The standard InChI is InChI=1S/C32H38ClN3O6/c33-27-9-2-21(18-28(27)42-16-13-36-11-14-41-15-12-36)19-30(38)34-20-22-1-8-26-25(17-22)6-4-23(31(26)39)3-5-24-7-10-29(37)35-32(24)40/h1-2,8-9,17-18,23-24H,3-7,10-16,19-20H2,(H,34,38)(H,35,37,40). The van der Waals surface area contributed by atoms with Gasteiger partial charge in [-0.2, -0.15) is 0 Å². The third kappa shape index (κ3) is 7.96. The van der Waals surface area contributed by atoms with Gasteiger partial charge in [0.15, 0.2) is 5.78 Å². The number of hydrogen-bond donors (Lipinski definition) is 2. The van der Waals surface area contributed by atoms with Gasteiger partial charge in [-0.25, -0.2) is 0 Å². The minimum Gasteiger partial charge on any atom is -0.491 e. The number of ketones is 1. The number of piperidine rings is 1. The number of aryl methyl sites for hydroxylation is 1. The molecule has 0 spiro atoms. The van der Waals surface area contributed by atoms with E-state index in [1.54, 1.807) is 6.07 Å². The van der Waals surface area contributed by atoms with E-state index in [2.05, 4.69) is 15.5 Å². The van der Waals surface area contributed by atoms with E-state index in [-0.39, 0.29) is 41.8 Å². The summed E-state index contributed by atoms with van der Waals surface area (Å²) in [6.07, 6.45) is 3.90. The summed E-state index contributed by atoms with van der Waals surface area (Å²) in [7, 11) is 0. The second-order valence-electron chi connectivity index (χ2n) is 11.3. The first kappa shape index (κ1) is 30.2. The summed E-state index contributed by atoms with van der Waals surface area (Å²) in [4.78, 5) is 51.6. The van der Waals surface area contributed by atoms with Crippen LogP contribution >= 0.6 is 11.6 Å². The molecule has 10 heteroatoms. The van der Waals surface area contributed by atoms with Crippen LogP contribution in [0.15, 0.2) is 36.4 Å². The zero-order valence-corrected chi connectivity index (χ0v) is 24.5. The molecule has 2 aromatic carbocycles. The van der Waals surface area contributed by atoms with Gasteiger partial charge in [-0.3, -0.25) is 29.4 Å². The third-order valence-corrected chi connectivity index (χ3v) is 8.72. The molecule has 2 fully saturated rings. The molecule has 5 rings (SSSR count). The van der Waals surface area contributed by atoms with Gasteiger partial charge in [-0.05, 0) is 60.9 Å². The van der Waals surface area contributed by atoms with Crippen molar-refractivity contribution in [2.75, 3.05) is 39.5 Å². The number of fused-ring (bicyclic) bond motifs is 1. The molecule has 9 nitrogen and oxygen atoms in total. The summed E-state index contributed by atoms with van der Waals surface area (Å²) in [5, 5.41) is 5.89. The molecule has 0 aromatic heterocycles. The number of morpholine rings is 1. The molecule has 2 N–H and O–H groups in total. The SMILES string of the molecule is O=C(Cc1ccc(Cl)c(OCCN2CCOCC2)c1)NCc1ccc2c(c1)CCC(CCC1CCC(=O)NC1=O)C2=O. The lowest BCUT2D eigenvalue weighted by molar-refractivity contribution is -0.136. The number of amides is 3. The van der Waals surface area contributed by atoms with Gasteiger partial charge in [0, 0.05) is 50.0 Å². The first-order valence-electron chi connectivity index (χ1n) is 14.8. The maximum absolute atomic E-state index is 13.2. The summed E-state index contributed by atoms with van der Waals surface area (Å²) in [5.41, 5.74) is 3.49. The molecule has 2 heterocycles. The second kappa shape index (κ2) is 14.3. The van der Waals surface area contributed by atoms with Crippen LogP contribution in [0.2, 0.25) is 5.02 Å². The Bertz CT molecular complexity index is 1330. The lowest BCUT2D eigenvalue weighted by Crippen LogP contribution is -2.41. The maximum atomic E-state index is 13.2. The van der Waals surface area contributed by atoms with Crippen molar-refractivity contribution in [2.45, 2.75) is 51.5 Å². The van der Waals surface area contributed by atoms with Gasteiger partial charge in [0.05, 0.1) is 24.7 Å². The van der Waals surface area contributed by atoms with E-state index in [4.69, 9.17) is 21.1 Å². The highest BCUT2D eigenvalue weighted by molar-refractivity contribution is 6.32. The van der Waals surface area contributed by atoms with Crippen molar-refractivity contribution in [2.24, 2.45) is 11.8 Å². The van der Waals surface area contributed by atoms with Crippen molar-refractivity contribution in [1.29, 1.82) is 0 Å². The molecule has 224 valence electrons. The number of nitrogens with zero attached hydrogens (tertiary/aromatic N) is 1. The van der Waals surface area contributed by atoms with Gasteiger partial charge in [0.25, 0.3) is 0 Å². The summed E-state index contributed by atoms with van der Waals surface area (Å²) < 4.78 is 11.3. The Kier molecular flexibility index (Phi) is 10.3. The Morgan fingerprint density at radius 3 is 2.57 bits per heavy atom. The maximum Gasteiger partial charge on any atom is 0.229 e. The first-order chi connectivity index (χ1) is 20.4. The predicted molar refractivity (Wildman–Crippen MR) is 157 cm³/mol. The number of imide groups is 1. The Balaban J connectivity index is 1.08. The van der Waals surface area contributed by atoms with Crippen LogP contribution in [0.3, 0.4) is 0 Å². The Morgan fingerprint density at radius 2 is 1.76 bits per heavy atom. The van der Waals surface area contributed by atoms with Crippen LogP contribution in [-0.4, -0.2) is 67.9 Å². The molecule has 0 radical (unpaired) electrons. The number of halogens is 1. The van der Waals surface area contributed by atoms with Crippen molar-refractivity contribution >= 4 is 35.1 Å². The number of ether oxygens (including phenoxy) is 2. The summed E-state index contributed by atoms with van der Waals surface area (Å²) in [6.45, 7) is 4.94. The molecule has 1 aliphatic carbocycles. The minimum absolute atomic E-state index is 0.110. The zero-order valence-electron chi connectivity index (χ0n) is 23.8. The number of carbonyl (C=O) groups is 4. The predicted octanol–water partition coefficient (Wildman–Crippen LogP) is 3.49. The van der Waals surface area contributed by atoms with Gasteiger partial charge in [-0.1, -0.05) is 35.9 Å². The molecule has 2 aromatic rings. The normalized spacial score (nSPS) is 21.0. The monoisotopic (exact) mass is 595 g/mol. The van der Waals surface area contributed by atoms with E-state index in [1.165, 1.54) is 0 Å². The number of nitrogens with one attached hydrogen (secondary N) is 2. The van der Waals surface area contributed by atoms with Gasteiger partial charge in [0.2, 0.25) is 17.7 Å². The number of hydrogen-bond acceptors (Lipinski definition) is 7. The topological polar surface area (TPSA) is 114 Å². The van der Waals surface area contributed by atoms with E-state index in [9.17, 15) is 19.2 Å². The fourth-order valence-corrected chi connectivity index (χ4v) is 6.08. The molecule has 0 bridgehead atoms. The summed E-state index contributed by atoms with van der Waals surface area (Å²) in [6, 6.07) is 11.2. The molecule has 3 amide bonds. The van der Waals surface area contributed by atoms with Crippen LogP contribution in [0.1, 0.15) is 59.2 Å². The quantitative estimate of drug-likeness (QED) is 0.382. The number of Topliss-reactive ketones (excluding diaryl/α,β-unsaturated/α-hetero) is 1. The molecule has 2 unspecified atom stereocenters. The smallest absolute Gasteiger partial charge is 0.229 e. The largest absolute Gasteiger partial charge is 0.491 e. The van der Waals surface area contributed by atoms with Gasteiger partial charge >= 0.3 is 0 Å². The van der Waals surface area contributed by atoms with Crippen LogP contribution in [0.4, 0.5) is 0 Å². The summed E-state index contributed by atoms with van der Waals surface area (Å²) >= 11 is 6.33. The van der Waals surface area contributed by atoms with Crippen molar-refractivity contribution in [1.82, 2.24) is 15.5 Å². The minimum atomic E-state index is -0.217. The Hall–Kier alpha value is -3.27. The molecule has 2 saturated heterocycles. The zero-order chi connectivity index (χ0) is 29.5. The third-order valence-electron chi connectivity index (χ3n) is 8.40. The second-order valence-corrected chi connectivity index (χ2v) is 11.7. The fraction of sp³-hybridized carbons (Fsp3) is 0.500. The van der Waals surface area contributed by atoms with E-state index in [0.29, 0.717) is 49.6 Å². The Labute approximate surface area is 251 Å². The molecule has 2 aliphatic heterocycles. The van der Waals surface area contributed by atoms with Crippen LogP contribution in [-0.2, 0) is 38.5 Å². The van der Waals surface area contributed by atoms with Crippen LogP contribution in [0, 0.1) is 11.8 Å². The highest BCUT2D eigenvalue weighted by Gasteiger charge is 2.31. The average molecular weight is 596 g/mol. The highest BCUT2D eigenvalue weighted by atomic mass is 35.5. The van der Waals surface area contributed by atoms with Gasteiger partial charge < -0.3 is 14.8 Å². The van der Waals surface area contributed by atoms with E-state index in [1.807, 2.05) is 30.3 Å². The van der Waals surface area contributed by atoms with E-state index in [0.717, 1.165) is 67.9 Å². The molecular formula is C32H38ClN3O6. The number of carbonyl (C=O) groups excluding carboxylic acids is 4. The van der Waals surface area contributed by atoms with E-state index >= 15 is 0 Å². The van der Waals surface area contributed by atoms with Crippen LogP contribution in [0.25, 0.3) is 0 Å². The lowest BCUT2D eigenvalue weighted by atomic mass is 9.78. The molecule has 42 heavy (non-hydrogen) atoms. The van der Waals surface area contributed by atoms with Crippen molar-refractivity contribution in [3.63, 3.8) is 0 Å². The molecular weight excluding hydrogens is 558 g/mol. The van der Waals surface area contributed by atoms with Gasteiger partial charge in [-0.15, -0.1) is 0 Å². The van der Waals surface area contributed by atoms with E-state index < -0.39 is 0 Å². The Morgan fingerprint density at radius 1 is 1.00 bits per heavy atom. The number of rotatable bonds is 11. The van der Waals surface area contributed by atoms with Crippen LogP contribution in [0.5, 0.6) is 5.75 Å².